The summed E-state index contributed by atoms with van der Waals surface area (Å²) in [6.45, 7) is 4.17. The summed E-state index contributed by atoms with van der Waals surface area (Å²) in [4.78, 5) is 25.9. The second kappa shape index (κ2) is 8.46. The van der Waals surface area contributed by atoms with Gasteiger partial charge in [-0.1, -0.05) is 19.8 Å². The highest BCUT2D eigenvalue weighted by molar-refractivity contribution is 5.94. The lowest BCUT2D eigenvalue weighted by Crippen LogP contribution is -2.42. The Bertz CT molecular complexity index is 1180. The third kappa shape index (κ3) is 3.71. The second-order valence-electron chi connectivity index (χ2n) is 9.09. The Morgan fingerprint density at radius 1 is 1.24 bits per heavy atom. The quantitative estimate of drug-likeness (QED) is 0.633. The fourth-order valence-corrected chi connectivity index (χ4v) is 5.02. The van der Waals surface area contributed by atoms with Crippen LogP contribution in [-0.4, -0.2) is 55.7 Å². The largest absolute Gasteiger partial charge is 0.345 e. The number of aryl methyl sites for hydroxylation is 1. The molecule has 2 aromatic heterocycles. The standard InChI is InChI=1S/C24H30N8O/c1-5-19-22-29-26-14-31(22)20-13-25-24(28-21(20)32(19)17-8-6-7-9-17)27-18-11-10-16(12-15(18)2)23(33)30(3)4/h10-14,17,19H,5-9H2,1-4H3,(H,25,27,28)/t19-/m1/s1. The molecule has 9 heteroatoms. The minimum atomic E-state index is -0.0164. The number of nitrogens with zero attached hydrogens (tertiary/aromatic N) is 7. The molecule has 1 amide bonds. The molecule has 0 unspecified atom stereocenters. The van der Waals surface area contributed by atoms with Crippen molar-refractivity contribution in [1.82, 2.24) is 29.6 Å². The second-order valence-corrected chi connectivity index (χ2v) is 9.09. The van der Waals surface area contributed by atoms with Gasteiger partial charge in [-0.05, 0) is 49.9 Å². The van der Waals surface area contributed by atoms with Crippen molar-refractivity contribution in [3.05, 3.63) is 47.7 Å². The van der Waals surface area contributed by atoms with E-state index in [1.165, 1.54) is 12.8 Å². The summed E-state index contributed by atoms with van der Waals surface area (Å²) in [5, 5.41) is 12.0. The number of aromatic nitrogens is 5. The van der Waals surface area contributed by atoms with Crippen LogP contribution in [0.25, 0.3) is 5.69 Å². The zero-order valence-electron chi connectivity index (χ0n) is 19.6. The van der Waals surface area contributed by atoms with Crippen LogP contribution in [-0.2, 0) is 0 Å². The van der Waals surface area contributed by atoms with Crippen LogP contribution in [0, 0.1) is 6.92 Å². The van der Waals surface area contributed by atoms with Crippen LogP contribution in [0.1, 0.15) is 66.8 Å². The maximum Gasteiger partial charge on any atom is 0.253 e. The van der Waals surface area contributed by atoms with E-state index in [9.17, 15) is 4.79 Å². The first-order valence-electron chi connectivity index (χ1n) is 11.6. The predicted octanol–water partition coefficient (Wildman–Crippen LogP) is 4.02. The lowest BCUT2D eigenvalue weighted by molar-refractivity contribution is 0.0827. The number of amides is 1. The van der Waals surface area contributed by atoms with Crippen LogP contribution in [0.3, 0.4) is 0 Å². The van der Waals surface area contributed by atoms with Gasteiger partial charge in [0.25, 0.3) is 5.91 Å². The highest BCUT2D eigenvalue weighted by atomic mass is 16.2. The smallest absolute Gasteiger partial charge is 0.253 e. The molecule has 1 saturated carbocycles. The summed E-state index contributed by atoms with van der Waals surface area (Å²) in [5.41, 5.74) is 3.42. The minimum Gasteiger partial charge on any atom is -0.345 e. The van der Waals surface area contributed by atoms with Crippen molar-refractivity contribution in [2.75, 3.05) is 24.3 Å². The molecule has 9 nitrogen and oxygen atoms in total. The molecule has 0 radical (unpaired) electrons. The molecule has 0 saturated heterocycles. The molecule has 1 fully saturated rings. The summed E-state index contributed by atoms with van der Waals surface area (Å²) < 4.78 is 2.02. The molecule has 3 aromatic rings. The third-order valence-electron chi connectivity index (χ3n) is 6.69. The molecule has 1 atom stereocenters. The van der Waals surface area contributed by atoms with Crippen molar-refractivity contribution < 1.29 is 4.79 Å². The number of nitrogens with one attached hydrogen (secondary N) is 1. The molecular weight excluding hydrogens is 416 g/mol. The van der Waals surface area contributed by atoms with E-state index in [0.717, 1.165) is 47.8 Å². The molecule has 0 spiro atoms. The van der Waals surface area contributed by atoms with E-state index in [-0.39, 0.29) is 11.9 Å². The van der Waals surface area contributed by atoms with Crippen molar-refractivity contribution in [2.24, 2.45) is 0 Å². The van der Waals surface area contributed by atoms with Gasteiger partial charge in [0, 0.05) is 31.4 Å². The SMILES string of the molecule is CC[C@@H]1c2nncn2-c2cnc(Nc3ccc(C(=O)N(C)C)cc3C)nc2N1C1CCCC1. The Balaban J connectivity index is 1.51. The van der Waals surface area contributed by atoms with Crippen molar-refractivity contribution in [3.8, 4) is 5.69 Å². The van der Waals surface area contributed by atoms with Crippen molar-refractivity contribution in [1.29, 1.82) is 0 Å². The summed E-state index contributed by atoms with van der Waals surface area (Å²) in [6, 6.07) is 6.22. The fourth-order valence-electron chi connectivity index (χ4n) is 5.02. The van der Waals surface area contributed by atoms with Gasteiger partial charge < -0.3 is 15.1 Å². The number of rotatable bonds is 5. The van der Waals surface area contributed by atoms with E-state index in [1.807, 2.05) is 35.9 Å². The first-order chi connectivity index (χ1) is 16.0. The van der Waals surface area contributed by atoms with Gasteiger partial charge in [-0.2, -0.15) is 4.98 Å². The number of carbonyl (C=O) groups is 1. The third-order valence-corrected chi connectivity index (χ3v) is 6.69. The van der Waals surface area contributed by atoms with E-state index in [0.29, 0.717) is 17.6 Å². The molecule has 1 aromatic carbocycles. The number of benzene rings is 1. The summed E-state index contributed by atoms with van der Waals surface area (Å²) in [5.74, 6) is 2.41. The summed E-state index contributed by atoms with van der Waals surface area (Å²) >= 11 is 0. The molecule has 1 aliphatic heterocycles. The molecule has 1 N–H and O–H groups in total. The number of carbonyl (C=O) groups excluding carboxylic acids is 1. The van der Waals surface area contributed by atoms with Crippen LogP contribution in [0.4, 0.5) is 17.5 Å². The number of anilines is 3. The Hall–Kier alpha value is -3.49. The van der Waals surface area contributed by atoms with Crippen molar-refractivity contribution in [3.63, 3.8) is 0 Å². The highest BCUT2D eigenvalue weighted by Gasteiger charge is 2.38. The maximum atomic E-state index is 12.3. The Labute approximate surface area is 193 Å². The monoisotopic (exact) mass is 446 g/mol. The van der Waals surface area contributed by atoms with Gasteiger partial charge in [-0.25, -0.2) is 4.98 Å². The normalized spacial score (nSPS) is 17.6. The summed E-state index contributed by atoms with van der Waals surface area (Å²) in [6.07, 6.45) is 9.35. The number of hydrogen-bond donors (Lipinski definition) is 1. The van der Waals surface area contributed by atoms with Gasteiger partial charge in [0.05, 0.1) is 12.2 Å². The molecule has 172 valence electrons. The van der Waals surface area contributed by atoms with E-state index in [1.54, 1.807) is 25.3 Å². The van der Waals surface area contributed by atoms with Crippen molar-refractivity contribution in [2.45, 2.75) is 58.0 Å². The fraction of sp³-hybridized carbons (Fsp3) is 0.458. The van der Waals surface area contributed by atoms with Gasteiger partial charge in [0.2, 0.25) is 5.95 Å². The number of fused-ring (bicyclic) bond motifs is 3. The van der Waals surface area contributed by atoms with Crippen LogP contribution in [0.2, 0.25) is 0 Å². The first kappa shape index (κ1) is 21.4. The van der Waals surface area contributed by atoms with Crippen LogP contribution in [0.15, 0.2) is 30.7 Å². The molecule has 5 rings (SSSR count). The van der Waals surface area contributed by atoms with Gasteiger partial charge in [0.1, 0.15) is 12.0 Å². The molecule has 1 aliphatic carbocycles. The van der Waals surface area contributed by atoms with Gasteiger partial charge >= 0.3 is 0 Å². The van der Waals surface area contributed by atoms with E-state index in [4.69, 9.17) is 4.98 Å². The zero-order chi connectivity index (χ0) is 23.1. The van der Waals surface area contributed by atoms with E-state index in [2.05, 4.69) is 32.3 Å². The Kier molecular flexibility index (Phi) is 5.47. The Morgan fingerprint density at radius 2 is 2.03 bits per heavy atom. The highest BCUT2D eigenvalue weighted by Crippen LogP contribution is 2.42. The topological polar surface area (TPSA) is 92.1 Å². The summed E-state index contributed by atoms with van der Waals surface area (Å²) in [7, 11) is 3.51. The van der Waals surface area contributed by atoms with Gasteiger partial charge in [0.15, 0.2) is 11.6 Å². The number of hydrogen-bond acceptors (Lipinski definition) is 7. The zero-order valence-corrected chi connectivity index (χ0v) is 19.6. The van der Waals surface area contributed by atoms with Gasteiger partial charge in [-0.3, -0.25) is 9.36 Å². The van der Waals surface area contributed by atoms with Crippen LogP contribution >= 0.6 is 0 Å². The van der Waals surface area contributed by atoms with Crippen molar-refractivity contribution >= 4 is 23.4 Å². The predicted molar refractivity (Wildman–Crippen MR) is 127 cm³/mol. The van der Waals surface area contributed by atoms with E-state index < -0.39 is 0 Å². The molecule has 33 heavy (non-hydrogen) atoms. The van der Waals surface area contributed by atoms with Gasteiger partial charge in [-0.15, -0.1) is 10.2 Å². The average Bonchev–Trinajstić information content (AvgIpc) is 3.51. The molecule has 2 aliphatic rings. The first-order valence-corrected chi connectivity index (χ1v) is 11.6. The molecule has 0 bridgehead atoms. The average molecular weight is 447 g/mol. The lowest BCUT2D eigenvalue weighted by Gasteiger charge is -2.40. The molecular formula is C24H30N8O. The maximum absolute atomic E-state index is 12.3. The lowest BCUT2D eigenvalue weighted by atomic mass is 10.0. The van der Waals surface area contributed by atoms with Crippen LogP contribution < -0.4 is 10.2 Å². The van der Waals surface area contributed by atoms with Crippen LogP contribution in [0.5, 0.6) is 0 Å². The molecule has 3 heterocycles. The van der Waals surface area contributed by atoms with E-state index >= 15 is 0 Å². The Morgan fingerprint density at radius 3 is 2.73 bits per heavy atom. The minimum absolute atomic E-state index is 0.0164.